The van der Waals surface area contributed by atoms with Gasteiger partial charge >= 0.3 is 0 Å². The summed E-state index contributed by atoms with van der Waals surface area (Å²) >= 11 is 0. The number of para-hydroxylation sites is 1. The van der Waals surface area contributed by atoms with Crippen molar-refractivity contribution in [2.75, 3.05) is 0 Å². The second kappa shape index (κ2) is 9.64. The Morgan fingerprint density at radius 3 is 2.51 bits per heavy atom. The summed E-state index contributed by atoms with van der Waals surface area (Å²) in [5.74, 6) is -0.151. The van der Waals surface area contributed by atoms with Crippen LogP contribution in [0.4, 0.5) is 0 Å². The van der Waals surface area contributed by atoms with Gasteiger partial charge < -0.3 is 23.6 Å². The molecule has 5 aromatic rings. The molecule has 0 bridgehead atoms. The maximum atomic E-state index is 13.5. The molecule has 8 nitrogen and oxygen atoms in total. The monoisotopic (exact) mass is 519 g/mol. The van der Waals surface area contributed by atoms with Gasteiger partial charge in [-0.1, -0.05) is 36.4 Å². The third-order valence-corrected chi connectivity index (χ3v) is 6.91. The lowest BCUT2D eigenvalue weighted by molar-refractivity contribution is -0.140. The molecule has 0 radical (unpaired) electrons. The molecule has 1 aliphatic heterocycles. The minimum atomic E-state index is -0.889. The minimum Gasteiger partial charge on any atom is -0.505 e. The van der Waals surface area contributed by atoms with E-state index in [1.54, 1.807) is 36.4 Å². The second-order valence-electron chi connectivity index (χ2n) is 9.42. The molecular weight excluding hydrogens is 494 g/mol. The number of amides is 1. The van der Waals surface area contributed by atoms with Gasteiger partial charge in [0.25, 0.3) is 11.7 Å². The Morgan fingerprint density at radius 1 is 0.974 bits per heavy atom. The molecule has 1 unspecified atom stereocenters. The molecule has 0 spiro atoms. The SMILES string of the molecule is Cc1cccn2c(C)c(C(O)=C3C(=O)C(=O)N(Cc4ccco4)C3c3cccc(Oc4ccccc4)c3)nc12. The van der Waals surface area contributed by atoms with Gasteiger partial charge in [0.1, 0.15) is 28.6 Å². The summed E-state index contributed by atoms with van der Waals surface area (Å²) in [4.78, 5) is 32.9. The van der Waals surface area contributed by atoms with Gasteiger partial charge in [-0.15, -0.1) is 0 Å². The average Bonchev–Trinajstić information content (AvgIpc) is 3.64. The van der Waals surface area contributed by atoms with Crippen molar-refractivity contribution in [3.8, 4) is 11.5 Å². The number of hydrogen-bond donors (Lipinski definition) is 1. The summed E-state index contributed by atoms with van der Waals surface area (Å²) in [5, 5.41) is 11.6. The van der Waals surface area contributed by atoms with Crippen LogP contribution in [0.15, 0.2) is 101 Å². The number of aromatic nitrogens is 2. The highest BCUT2D eigenvalue weighted by molar-refractivity contribution is 6.46. The highest BCUT2D eigenvalue weighted by Gasteiger charge is 2.47. The first kappa shape index (κ1) is 24.2. The Morgan fingerprint density at radius 2 is 1.77 bits per heavy atom. The van der Waals surface area contributed by atoms with E-state index in [1.165, 1.54) is 11.2 Å². The normalized spacial score (nSPS) is 16.8. The van der Waals surface area contributed by atoms with E-state index in [2.05, 4.69) is 4.98 Å². The summed E-state index contributed by atoms with van der Waals surface area (Å²) in [6, 6.07) is 22.9. The maximum absolute atomic E-state index is 13.5. The summed E-state index contributed by atoms with van der Waals surface area (Å²) in [6.45, 7) is 3.79. The molecule has 4 heterocycles. The Hall–Kier alpha value is -5.11. The van der Waals surface area contributed by atoms with Gasteiger partial charge in [-0.3, -0.25) is 9.59 Å². The van der Waals surface area contributed by atoms with Gasteiger partial charge in [0.2, 0.25) is 0 Å². The first-order chi connectivity index (χ1) is 18.9. The van der Waals surface area contributed by atoms with Crippen LogP contribution < -0.4 is 4.74 Å². The third kappa shape index (κ3) is 4.25. The van der Waals surface area contributed by atoms with Crippen LogP contribution >= 0.6 is 0 Å². The fraction of sp³-hybridized carbons (Fsp3) is 0.129. The first-order valence-electron chi connectivity index (χ1n) is 12.5. The summed E-state index contributed by atoms with van der Waals surface area (Å²) in [6.07, 6.45) is 3.36. The molecule has 0 aliphatic carbocycles. The molecule has 6 rings (SSSR count). The zero-order valence-electron chi connectivity index (χ0n) is 21.4. The number of nitrogens with zero attached hydrogens (tertiary/aromatic N) is 3. The lowest BCUT2D eigenvalue weighted by Crippen LogP contribution is -2.29. The van der Waals surface area contributed by atoms with Gasteiger partial charge in [0, 0.05) is 6.20 Å². The lowest BCUT2D eigenvalue weighted by Gasteiger charge is -2.24. The van der Waals surface area contributed by atoms with Crippen molar-refractivity contribution < 1.29 is 23.8 Å². The van der Waals surface area contributed by atoms with E-state index in [9.17, 15) is 14.7 Å². The standard InChI is InChI=1S/C31H25N3O5/c1-19-9-7-15-33-20(2)26(32-30(19)33)28(35)25-27(34(31(37)29(25)36)18-24-14-8-16-38-24)21-10-6-13-23(17-21)39-22-11-4-3-5-12-22/h3-17,27,35H,18H2,1-2H3. The van der Waals surface area contributed by atoms with Crippen LogP contribution in [-0.4, -0.2) is 31.1 Å². The zero-order valence-corrected chi connectivity index (χ0v) is 21.4. The number of carbonyl (C=O) groups excluding carboxylic acids is 2. The molecule has 194 valence electrons. The number of benzene rings is 2. The molecule has 1 fully saturated rings. The van der Waals surface area contributed by atoms with Gasteiger partial charge in [-0.2, -0.15) is 0 Å². The van der Waals surface area contributed by atoms with E-state index in [1.807, 2.05) is 66.9 Å². The van der Waals surface area contributed by atoms with Gasteiger partial charge in [-0.05, 0) is 67.4 Å². The average molecular weight is 520 g/mol. The molecule has 8 heteroatoms. The fourth-order valence-electron chi connectivity index (χ4n) is 5.01. The van der Waals surface area contributed by atoms with Crippen molar-refractivity contribution in [3.63, 3.8) is 0 Å². The van der Waals surface area contributed by atoms with Crippen molar-refractivity contribution in [3.05, 3.63) is 125 Å². The van der Waals surface area contributed by atoms with Crippen molar-refractivity contribution in [1.29, 1.82) is 0 Å². The number of Topliss-reactive ketones (excluding diaryl/α,β-unsaturated/α-hetero) is 1. The van der Waals surface area contributed by atoms with Crippen LogP contribution in [0.5, 0.6) is 11.5 Å². The molecule has 1 atom stereocenters. The first-order valence-corrected chi connectivity index (χ1v) is 12.5. The Balaban J connectivity index is 1.50. The van der Waals surface area contributed by atoms with Gasteiger partial charge in [0.05, 0.1) is 30.1 Å². The van der Waals surface area contributed by atoms with Gasteiger partial charge in [-0.25, -0.2) is 4.98 Å². The van der Waals surface area contributed by atoms with Crippen LogP contribution in [0.2, 0.25) is 0 Å². The zero-order chi connectivity index (χ0) is 27.1. The number of pyridine rings is 1. The lowest BCUT2D eigenvalue weighted by atomic mass is 9.96. The van der Waals surface area contributed by atoms with E-state index in [-0.39, 0.29) is 23.6 Å². The van der Waals surface area contributed by atoms with E-state index >= 15 is 0 Å². The van der Waals surface area contributed by atoms with Crippen LogP contribution in [0.1, 0.15) is 34.3 Å². The van der Waals surface area contributed by atoms with E-state index in [0.29, 0.717) is 34.2 Å². The molecular formula is C31H25N3O5. The highest BCUT2D eigenvalue weighted by atomic mass is 16.5. The molecule has 3 aromatic heterocycles. The number of fused-ring (bicyclic) bond motifs is 1. The number of carbonyl (C=O) groups is 2. The van der Waals surface area contributed by atoms with E-state index in [4.69, 9.17) is 9.15 Å². The van der Waals surface area contributed by atoms with Gasteiger partial charge in [0.15, 0.2) is 5.76 Å². The molecule has 1 amide bonds. The quantitative estimate of drug-likeness (QED) is 0.169. The highest BCUT2D eigenvalue weighted by Crippen LogP contribution is 2.42. The molecule has 1 saturated heterocycles. The molecule has 39 heavy (non-hydrogen) atoms. The summed E-state index contributed by atoms with van der Waals surface area (Å²) in [5.41, 5.74) is 3.06. The molecule has 1 aliphatic rings. The van der Waals surface area contributed by atoms with Crippen LogP contribution in [0.3, 0.4) is 0 Å². The number of aliphatic hydroxyl groups excluding tert-OH is 1. The maximum Gasteiger partial charge on any atom is 0.296 e. The number of rotatable bonds is 6. The molecule has 2 aromatic carbocycles. The third-order valence-electron chi connectivity index (χ3n) is 6.91. The molecule has 1 N–H and O–H groups in total. The predicted octanol–water partition coefficient (Wildman–Crippen LogP) is 5.96. The number of likely N-dealkylation sites (tertiary alicyclic amines) is 1. The van der Waals surface area contributed by atoms with Crippen LogP contribution in [0, 0.1) is 13.8 Å². The van der Waals surface area contributed by atoms with Crippen molar-refractivity contribution in [1.82, 2.24) is 14.3 Å². The number of ketones is 1. The van der Waals surface area contributed by atoms with E-state index < -0.39 is 17.7 Å². The number of ether oxygens (including phenoxy) is 1. The number of hydrogen-bond acceptors (Lipinski definition) is 6. The number of aryl methyl sites for hydroxylation is 2. The number of imidazole rings is 1. The fourth-order valence-corrected chi connectivity index (χ4v) is 5.01. The minimum absolute atomic E-state index is 0.0347. The largest absolute Gasteiger partial charge is 0.505 e. The van der Waals surface area contributed by atoms with Crippen molar-refractivity contribution in [2.24, 2.45) is 0 Å². The second-order valence-corrected chi connectivity index (χ2v) is 9.42. The summed E-state index contributed by atoms with van der Waals surface area (Å²) < 4.78 is 13.4. The number of aliphatic hydroxyl groups is 1. The molecule has 0 saturated carbocycles. The summed E-state index contributed by atoms with van der Waals surface area (Å²) in [7, 11) is 0. The van der Waals surface area contributed by atoms with E-state index in [0.717, 1.165) is 5.56 Å². The van der Waals surface area contributed by atoms with Crippen LogP contribution in [-0.2, 0) is 16.1 Å². The number of furan rings is 1. The Kier molecular flexibility index (Phi) is 5.99. The topological polar surface area (TPSA) is 97.3 Å². The van der Waals surface area contributed by atoms with Crippen molar-refractivity contribution in [2.45, 2.75) is 26.4 Å². The predicted molar refractivity (Wildman–Crippen MR) is 144 cm³/mol. The Bertz CT molecular complexity index is 1730. The smallest absolute Gasteiger partial charge is 0.296 e. The Labute approximate surface area is 224 Å². The van der Waals surface area contributed by atoms with Crippen LogP contribution in [0.25, 0.3) is 11.4 Å². The van der Waals surface area contributed by atoms with Crippen molar-refractivity contribution >= 4 is 23.1 Å².